The van der Waals surface area contributed by atoms with Gasteiger partial charge in [-0.05, 0) is 6.07 Å². The number of ketones is 1. The van der Waals surface area contributed by atoms with E-state index in [1.54, 1.807) is 36.4 Å². The maximum absolute atomic E-state index is 12.6. The lowest BCUT2D eigenvalue weighted by atomic mass is 10.1. The minimum Gasteiger partial charge on any atom is -0.493 e. The smallest absolute Gasteiger partial charge is 0.261 e. The number of carbonyl (C=O) groups excluding carboxylic acids is 1. The molecule has 0 spiro atoms. The number of nitrogens with zero attached hydrogens (tertiary/aromatic N) is 2. The molecule has 3 aromatic rings. The van der Waals surface area contributed by atoms with Gasteiger partial charge in [0.25, 0.3) is 5.56 Å². The van der Waals surface area contributed by atoms with E-state index in [9.17, 15) is 9.59 Å². The number of carbonyl (C=O) groups is 1. The van der Waals surface area contributed by atoms with E-state index in [1.807, 2.05) is 6.07 Å². The summed E-state index contributed by atoms with van der Waals surface area (Å²) in [5, 5.41) is 0.371. The predicted molar refractivity (Wildman–Crippen MR) is 89.9 cm³/mol. The third-order valence-corrected chi connectivity index (χ3v) is 3.74. The maximum atomic E-state index is 12.6. The van der Waals surface area contributed by atoms with Crippen LogP contribution in [0.4, 0.5) is 0 Å². The van der Waals surface area contributed by atoms with Crippen molar-refractivity contribution in [1.82, 2.24) is 9.55 Å². The van der Waals surface area contributed by atoms with E-state index in [4.69, 9.17) is 9.47 Å². The molecule has 0 aliphatic carbocycles. The summed E-state index contributed by atoms with van der Waals surface area (Å²) in [6.45, 7) is -0.0693. The van der Waals surface area contributed by atoms with Crippen molar-refractivity contribution in [3.05, 3.63) is 64.7 Å². The molecule has 0 aliphatic heterocycles. The third kappa shape index (κ3) is 2.86. The van der Waals surface area contributed by atoms with Crippen LogP contribution in [-0.2, 0) is 6.54 Å². The Balaban J connectivity index is 2.02. The average molecular weight is 324 g/mol. The molecule has 0 atom stereocenters. The molecule has 0 saturated carbocycles. The molecule has 0 N–H and O–H groups in total. The van der Waals surface area contributed by atoms with Gasteiger partial charge in [0.05, 0.1) is 38.0 Å². The third-order valence-electron chi connectivity index (χ3n) is 3.74. The number of benzene rings is 2. The lowest BCUT2D eigenvalue weighted by molar-refractivity contribution is 0.0970. The lowest BCUT2D eigenvalue weighted by Gasteiger charge is -2.10. The summed E-state index contributed by atoms with van der Waals surface area (Å²) < 4.78 is 11.7. The van der Waals surface area contributed by atoms with Crippen LogP contribution in [0.2, 0.25) is 0 Å². The summed E-state index contributed by atoms with van der Waals surface area (Å²) in [6, 6.07) is 12.1. The molecule has 0 aliphatic rings. The molecule has 6 heteroatoms. The maximum Gasteiger partial charge on any atom is 0.261 e. The van der Waals surface area contributed by atoms with Gasteiger partial charge in [0.1, 0.15) is 0 Å². The number of methoxy groups -OCH3 is 2. The van der Waals surface area contributed by atoms with Crippen LogP contribution in [0.3, 0.4) is 0 Å². The fourth-order valence-corrected chi connectivity index (χ4v) is 2.47. The van der Waals surface area contributed by atoms with Gasteiger partial charge in [-0.15, -0.1) is 0 Å². The Morgan fingerprint density at radius 3 is 2.42 bits per heavy atom. The molecule has 0 amide bonds. The van der Waals surface area contributed by atoms with E-state index < -0.39 is 0 Å². The van der Waals surface area contributed by atoms with Crippen molar-refractivity contribution < 1.29 is 14.3 Å². The van der Waals surface area contributed by atoms with Gasteiger partial charge in [-0.25, -0.2) is 4.98 Å². The highest BCUT2D eigenvalue weighted by molar-refractivity contribution is 5.96. The zero-order chi connectivity index (χ0) is 17.1. The van der Waals surface area contributed by atoms with Crippen LogP contribution in [0.1, 0.15) is 10.4 Å². The van der Waals surface area contributed by atoms with Crippen LogP contribution >= 0.6 is 0 Å². The van der Waals surface area contributed by atoms with Gasteiger partial charge < -0.3 is 9.47 Å². The monoisotopic (exact) mass is 324 g/mol. The number of fused-ring (bicyclic) bond motifs is 1. The second-order valence-corrected chi connectivity index (χ2v) is 5.19. The van der Waals surface area contributed by atoms with E-state index in [0.717, 1.165) is 0 Å². The molecule has 0 unspecified atom stereocenters. The standard InChI is InChI=1S/C18H16N2O4/c1-23-16-8-13-14(9-17(16)24-2)19-11-20(18(13)22)10-15(21)12-6-4-3-5-7-12/h3-9,11H,10H2,1-2H3. The zero-order valence-corrected chi connectivity index (χ0v) is 13.4. The van der Waals surface area contributed by atoms with Crippen molar-refractivity contribution in [2.24, 2.45) is 0 Å². The first-order valence-electron chi connectivity index (χ1n) is 7.33. The van der Waals surface area contributed by atoms with Crippen LogP contribution in [0.25, 0.3) is 10.9 Å². The van der Waals surface area contributed by atoms with Gasteiger partial charge in [0, 0.05) is 11.6 Å². The summed E-state index contributed by atoms with van der Waals surface area (Å²) in [7, 11) is 3.01. The van der Waals surface area contributed by atoms with Crippen molar-refractivity contribution in [2.45, 2.75) is 6.54 Å². The quantitative estimate of drug-likeness (QED) is 0.674. The number of Topliss-reactive ketones (excluding diaryl/α,β-unsaturated/α-hetero) is 1. The van der Waals surface area contributed by atoms with E-state index in [2.05, 4.69) is 4.98 Å². The zero-order valence-electron chi connectivity index (χ0n) is 13.4. The first kappa shape index (κ1) is 15.7. The Hall–Kier alpha value is -3.15. The van der Waals surface area contributed by atoms with Crippen LogP contribution in [0.5, 0.6) is 11.5 Å². The second kappa shape index (κ2) is 6.54. The SMILES string of the molecule is COc1cc2ncn(CC(=O)c3ccccc3)c(=O)c2cc1OC. The minimum atomic E-state index is -0.301. The van der Waals surface area contributed by atoms with Crippen LogP contribution in [0, 0.1) is 0 Å². The number of hydrogen-bond acceptors (Lipinski definition) is 5. The first-order valence-corrected chi connectivity index (χ1v) is 7.33. The van der Waals surface area contributed by atoms with Crippen LogP contribution < -0.4 is 15.0 Å². The van der Waals surface area contributed by atoms with Gasteiger partial charge in [0.2, 0.25) is 0 Å². The molecule has 24 heavy (non-hydrogen) atoms. The topological polar surface area (TPSA) is 70.4 Å². The van der Waals surface area contributed by atoms with E-state index in [1.165, 1.54) is 25.1 Å². The molecule has 6 nitrogen and oxygen atoms in total. The molecular formula is C18H16N2O4. The van der Waals surface area contributed by atoms with Gasteiger partial charge in [0.15, 0.2) is 17.3 Å². The Kier molecular flexibility index (Phi) is 4.29. The number of hydrogen-bond donors (Lipinski definition) is 0. The summed E-state index contributed by atoms with van der Waals surface area (Å²) in [4.78, 5) is 29.2. The highest BCUT2D eigenvalue weighted by Gasteiger charge is 2.13. The fraction of sp³-hybridized carbons (Fsp3) is 0.167. The van der Waals surface area contributed by atoms with Crippen molar-refractivity contribution in [3.63, 3.8) is 0 Å². The fourth-order valence-electron chi connectivity index (χ4n) is 2.47. The summed E-state index contributed by atoms with van der Waals surface area (Å²) in [5.41, 5.74) is 0.739. The second-order valence-electron chi connectivity index (χ2n) is 5.19. The van der Waals surface area contributed by atoms with E-state index in [0.29, 0.717) is 28.0 Å². The molecule has 0 bridgehead atoms. The van der Waals surface area contributed by atoms with Gasteiger partial charge in [-0.2, -0.15) is 0 Å². The molecule has 2 aromatic carbocycles. The summed E-state index contributed by atoms with van der Waals surface area (Å²) in [6.07, 6.45) is 1.37. The molecule has 0 radical (unpaired) electrons. The Labute approximate surface area is 138 Å². The number of rotatable bonds is 5. The highest BCUT2D eigenvalue weighted by atomic mass is 16.5. The van der Waals surface area contributed by atoms with Gasteiger partial charge in [-0.1, -0.05) is 30.3 Å². The summed E-state index contributed by atoms with van der Waals surface area (Å²) in [5.74, 6) is 0.783. The largest absolute Gasteiger partial charge is 0.493 e. The Morgan fingerprint density at radius 1 is 1.08 bits per heavy atom. The van der Waals surface area contributed by atoms with Crippen molar-refractivity contribution in [1.29, 1.82) is 0 Å². The van der Waals surface area contributed by atoms with Gasteiger partial charge in [-0.3, -0.25) is 14.2 Å². The van der Waals surface area contributed by atoms with Crippen molar-refractivity contribution >= 4 is 16.7 Å². The summed E-state index contributed by atoms with van der Waals surface area (Å²) >= 11 is 0. The molecule has 1 heterocycles. The predicted octanol–water partition coefficient (Wildman–Crippen LogP) is 2.30. The molecule has 3 rings (SSSR count). The van der Waals surface area contributed by atoms with Gasteiger partial charge >= 0.3 is 0 Å². The number of aromatic nitrogens is 2. The molecule has 0 fully saturated rings. The van der Waals surface area contributed by atoms with Crippen LogP contribution in [0.15, 0.2) is 53.6 Å². The average Bonchev–Trinajstić information content (AvgIpc) is 2.63. The molecular weight excluding hydrogens is 308 g/mol. The van der Waals surface area contributed by atoms with Crippen LogP contribution in [-0.4, -0.2) is 29.6 Å². The first-order chi connectivity index (χ1) is 11.6. The van der Waals surface area contributed by atoms with Crippen molar-refractivity contribution in [3.8, 4) is 11.5 Å². The Bertz CT molecular complexity index is 948. The Morgan fingerprint density at radius 2 is 1.75 bits per heavy atom. The number of ether oxygens (including phenoxy) is 2. The van der Waals surface area contributed by atoms with Crippen molar-refractivity contribution in [2.75, 3.05) is 14.2 Å². The molecule has 122 valence electrons. The van der Waals surface area contributed by atoms with E-state index >= 15 is 0 Å². The highest BCUT2D eigenvalue weighted by Crippen LogP contribution is 2.29. The molecule has 1 aromatic heterocycles. The normalized spacial score (nSPS) is 10.6. The lowest BCUT2D eigenvalue weighted by Crippen LogP contribution is -2.24. The van der Waals surface area contributed by atoms with E-state index in [-0.39, 0.29) is 17.9 Å². The minimum absolute atomic E-state index is 0.0693. The molecule has 0 saturated heterocycles.